The maximum absolute atomic E-state index is 14.1. The van der Waals surface area contributed by atoms with Gasteiger partial charge in [0.25, 0.3) is 0 Å². The molecule has 0 radical (unpaired) electrons. The van der Waals surface area contributed by atoms with Gasteiger partial charge in [0.1, 0.15) is 5.82 Å². The van der Waals surface area contributed by atoms with Gasteiger partial charge in [-0.15, -0.1) is 0 Å². The molecule has 2 aliphatic rings. The maximum Gasteiger partial charge on any atom is 0.350 e. The number of benzene rings is 1. The van der Waals surface area contributed by atoms with Crippen LogP contribution >= 0.6 is 11.6 Å². The summed E-state index contributed by atoms with van der Waals surface area (Å²) in [7, 11) is 2.99. The van der Waals surface area contributed by atoms with Crippen molar-refractivity contribution in [3.05, 3.63) is 35.1 Å². The van der Waals surface area contributed by atoms with Gasteiger partial charge >= 0.3 is 5.97 Å². The second-order valence-corrected chi connectivity index (χ2v) is 7.96. The third kappa shape index (κ3) is 4.06. The number of rotatable bonds is 7. The van der Waals surface area contributed by atoms with Crippen LogP contribution in [0.25, 0.3) is 11.3 Å². The quantitative estimate of drug-likeness (QED) is 0.615. The SMILES string of the molecule is COC[C@@H]1CCCN1c1nc(OC2(C(=O)OC)CC2)cc(-c2ccc(Cl)c(F)c2)n1. The number of carbonyl (C=O) groups excluding carboxylic acids is 1. The van der Waals surface area contributed by atoms with Crippen molar-refractivity contribution in [3.8, 4) is 17.1 Å². The lowest BCUT2D eigenvalue weighted by molar-refractivity contribution is -0.151. The van der Waals surface area contributed by atoms with Crippen LogP contribution in [0.15, 0.2) is 24.3 Å². The Morgan fingerprint density at radius 1 is 1.30 bits per heavy atom. The molecule has 7 nitrogen and oxygen atoms in total. The summed E-state index contributed by atoms with van der Waals surface area (Å²) in [6, 6.07) is 6.23. The average Bonchev–Trinajstić information content (AvgIpc) is 3.37. The van der Waals surface area contributed by atoms with Crippen molar-refractivity contribution in [1.82, 2.24) is 9.97 Å². The number of hydrogen-bond acceptors (Lipinski definition) is 7. The van der Waals surface area contributed by atoms with Crippen LogP contribution in [-0.2, 0) is 14.3 Å². The Kier molecular flexibility index (Phi) is 5.79. The van der Waals surface area contributed by atoms with Crippen LogP contribution in [0.1, 0.15) is 25.7 Å². The van der Waals surface area contributed by atoms with Crippen molar-refractivity contribution in [2.75, 3.05) is 32.3 Å². The molecular formula is C21H23ClFN3O4. The van der Waals surface area contributed by atoms with Gasteiger partial charge in [0.15, 0.2) is 0 Å². The monoisotopic (exact) mass is 435 g/mol. The summed E-state index contributed by atoms with van der Waals surface area (Å²) in [5.41, 5.74) is 0.00456. The smallest absolute Gasteiger partial charge is 0.350 e. The number of hydrogen-bond donors (Lipinski definition) is 0. The molecule has 1 saturated carbocycles. The van der Waals surface area contributed by atoms with Crippen LogP contribution in [0.2, 0.25) is 5.02 Å². The first-order valence-electron chi connectivity index (χ1n) is 9.83. The summed E-state index contributed by atoms with van der Waals surface area (Å²) in [6.45, 7) is 1.32. The second-order valence-electron chi connectivity index (χ2n) is 7.55. The third-order valence-corrected chi connectivity index (χ3v) is 5.77. The minimum Gasteiger partial charge on any atom is -0.466 e. The van der Waals surface area contributed by atoms with Crippen LogP contribution in [0.5, 0.6) is 5.88 Å². The van der Waals surface area contributed by atoms with Gasteiger partial charge in [0.2, 0.25) is 17.4 Å². The zero-order valence-corrected chi connectivity index (χ0v) is 17.6. The van der Waals surface area contributed by atoms with Crippen LogP contribution in [0.3, 0.4) is 0 Å². The summed E-state index contributed by atoms with van der Waals surface area (Å²) in [5, 5.41) is 0.0341. The lowest BCUT2D eigenvalue weighted by Gasteiger charge is -2.25. The van der Waals surface area contributed by atoms with Gasteiger partial charge in [-0.25, -0.2) is 14.2 Å². The number of anilines is 1. The predicted molar refractivity (Wildman–Crippen MR) is 109 cm³/mol. The number of halogens is 2. The molecule has 160 valence electrons. The van der Waals surface area contributed by atoms with Crippen molar-refractivity contribution in [1.29, 1.82) is 0 Å². The van der Waals surface area contributed by atoms with Crippen LogP contribution < -0.4 is 9.64 Å². The van der Waals surface area contributed by atoms with Crippen molar-refractivity contribution in [3.63, 3.8) is 0 Å². The van der Waals surface area contributed by atoms with E-state index in [0.29, 0.717) is 36.7 Å². The molecule has 1 aromatic heterocycles. The molecule has 1 saturated heterocycles. The van der Waals surface area contributed by atoms with Gasteiger partial charge in [0, 0.05) is 38.1 Å². The van der Waals surface area contributed by atoms with Gasteiger partial charge in [-0.1, -0.05) is 17.7 Å². The van der Waals surface area contributed by atoms with E-state index in [1.165, 1.54) is 19.2 Å². The van der Waals surface area contributed by atoms with E-state index < -0.39 is 17.4 Å². The molecule has 2 fully saturated rings. The Hall–Kier alpha value is -2.45. The molecule has 2 heterocycles. The van der Waals surface area contributed by atoms with E-state index in [9.17, 15) is 9.18 Å². The van der Waals surface area contributed by atoms with E-state index in [0.717, 1.165) is 19.4 Å². The molecule has 1 aromatic carbocycles. The van der Waals surface area contributed by atoms with E-state index in [4.69, 9.17) is 25.8 Å². The van der Waals surface area contributed by atoms with Crippen molar-refractivity contribution >= 4 is 23.5 Å². The molecule has 0 N–H and O–H groups in total. The largest absolute Gasteiger partial charge is 0.466 e. The summed E-state index contributed by atoms with van der Waals surface area (Å²) in [4.78, 5) is 23.4. The normalized spacial score (nSPS) is 19.6. The molecule has 0 amide bonds. The fourth-order valence-electron chi connectivity index (χ4n) is 3.71. The van der Waals surface area contributed by atoms with E-state index in [-0.39, 0.29) is 16.9 Å². The topological polar surface area (TPSA) is 73.8 Å². The fraction of sp³-hybridized carbons (Fsp3) is 0.476. The number of ether oxygens (including phenoxy) is 3. The first-order chi connectivity index (χ1) is 14.5. The van der Waals surface area contributed by atoms with Gasteiger partial charge in [-0.05, 0) is 25.0 Å². The van der Waals surface area contributed by atoms with Gasteiger partial charge in [0.05, 0.1) is 30.5 Å². The van der Waals surface area contributed by atoms with Crippen molar-refractivity contribution < 1.29 is 23.4 Å². The van der Waals surface area contributed by atoms with Gasteiger partial charge in [-0.3, -0.25) is 0 Å². The second kappa shape index (κ2) is 8.35. The molecule has 1 aliphatic heterocycles. The zero-order chi connectivity index (χ0) is 21.3. The molecule has 0 spiro atoms. The Morgan fingerprint density at radius 2 is 2.10 bits per heavy atom. The predicted octanol–water partition coefficient (Wildman–Crippen LogP) is 3.64. The molecule has 1 atom stereocenters. The van der Waals surface area contributed by atoms with Crippen molar-refractivity contribution in [2.24, 2.45) is 0 Å². The van der Waals surface area contributed by atoms with Crippen LogP contribution in [0.4, 0.5) is 10.3 Å². The summed E-state index contributed by atoms with van der Waals surface area (Å²) < 4.78 is 30.2. The van der Waals surface area contributed by atoms with E-state index >= 15 is 0 Å². The highest BCUT2D eigenvalue weighted by Gasteiger charge is 2.54. The Bertz CT molecular complexity index is 954. The number of carbonyl (C=O) groups is 1. The Labute approximate surface area is 179 Å². The Balaban J connectivity index is 1.74. The molecular weight excluding hydrogens is 413 g/mol. The van der Waals surface area contributed by atoms with E-state index in [1.54, 1.807) is 19.2 Å². The maximum atomic E-state index is 14.1. The van der Waals surface area contributed by atoms with Crippen LogP contribution in [0, 0.1) is 5.82 Å². The molecule has 0 unspecified atom stereocenters. The van der Waals surface area contributed by atoms with Gasteiger partial charge in [-0.2, -0.15) is 4.98 Å². The van der Waals surface area contributed by atoms with Crippen LogP contribution in [-0.4, -0.2) is 55.0 Å². The molecule has 0 bridgehead atoms. The first kappa shape index (κ1) is 20.8. The minimum atomic E-state index is -1.01. The molecule has 30 heavy (non-hydrogen) atoms. The van der Waals surface area contributed by atoms with Crippen molar-refractivity contribution in [2.45, 2.75) is 37.3 Å². The van der Waals surface area contributed by atoms with E-state index in [2.05, 4.69) is 14.9 Å². The van der Waals surface area contributed by atoms with E-state index in [1.807, 2.05) is 0 Å². The lowest BCUT2D eigenvalue weighted by atomic mass is 10.1. The molecule has 9 heteroatoms. The molecule has 4 rings (SSSR count). The zero-order valence-electron chi connectivity index (χ0n) is 16.9. The Morgan fingerprint density at radius 3 is 2.77 bits per heavy atom. The third-order valence-electron chi connectivity index (χ3n) is 5.46. The highest BCUT2D eigenvalue weighted by molar-refractivity contribution is 6.30. The average molecular weight is 436 g/mol. The highest BCUT2D eigenvalue weighted by atomic mass is 35.5. The minimum absolute atomic E-state index is 0.0341. The fourth-order valence-corrected chi connectivity index (χ4v) is 3.83. The number of esters is 1. The highest BCUT2D eigenvalue weighted by Crippen LogP contribution is 2.42. The van der Waals surface area contributed by atoms with Gasteiger partial charge < -0.3 is 19.1 Å². The standard InChI is InChI=1S/C21H23ClFN3O4/c1-28-12-14-4-3-9-26(14)20-24-17(13-5-6-15(22)16(23)10-13)11-18(25-20)30-21(7-8-21)19(27)29-2/h5-6,10-11,14H,3-4,7-9,12H2,1-2H3/t14-/m0/s1. The summed E-state index contributed by atoms with van der Waals surface area (Å²) >= 11 is 5.83. The first-order valence-corrected chi connectivity index (χ1v) is 10.2. The number of methoxy groups -OCH3 is 2. The lowest BCUT2D eigenvalue weighted by Crippen LogP contribution is -2.35. The summed E-state index contributed by atoms with van der Waals surface area (Å²) in [6.07, 6.45) is 3.05. The number of nitrogens with zero attached hydrogens (tertiary/aromatic N) is 3. The molecule has 1 aliphatic carbocycles. The molecule has 2 aromatic rings. The number of aromatic nitrogens is 2. The summed E-state index contributed by atoms with van der Waals surface area (Å²) in [5.74, 6) is -0.266.